The number of pyridine rings is 1. The van der Waals surface area contributed by atoms with Crippen LogP contribution in [-0.4, -0.2) is 11.9 Å². The second kappa shape index (κ2) is 10.2. The molecule has 0 radical (unpaired) electrons. The van der Waals surface area contributed by atoms with E-state index >= 15 is 0 Å². The Morgan fingerprint density at radius 2 is 0.824 bits per heavy atom. The van der Waals surface area contributed by atoms with Crippen molar-refractivity contribution in [2.45, 2.75) is 0 Å². The number of benzene rings is 3. The summed E-state index contributed by atoms with van der Waals surface area (Å²) >= 11 is 0. The lowest BCUT2D eigenvalue weighted by atomic mass is 9.99. The zero-order valence-corrected chi connectivity index (χ0v) is 18.1. The molecule has 0 saturated heterocycles. The van der Waals surface area contributed by atoms with E-state index in [-0.39, 0.29) is 0 Å². The lowest BCUT2D eigenvalue weighted by molar-refractivity contribution is -0.706. The van der Waals surface area contributed by atoms with E-state index in [2.05, 4.69) is 137 Å². The second-order valence-corrected chi connectivity index (χ2v) is 7.48. The van der Waals surface area contributed by atoms with Crippen LogP contribution in [0.2, 0.25) is 0 Å². The summed E-state index contributed by atoms with van der Waals surface area (Å²) in [7, 11) is -6.00. The van der Waals surface area contributed by atoms with Crippen LogP contribution in [0.4, 0.5) is 17.3 Å². The molecule has 0 fully saturated rings. The van der Waals surface area contributed by atoms with Gasteiger partial charge < -0.3 is 17.3 Å². The van der Waals surface area contributed by atoms with Crippen LogP contribution in [0.15, 0.2) is 128 Å². The first-order valence-corrected chi connectivity index (χ1v) is 10.7. The van der Waals surface area contributed by atoms with E-state index in [0.29, 0.717) is 0 Å². The fourth-order valence-corrected chi connectivity index (χ4v) is 3.72. The number of aromatic nitrogens is 2. The fourth-order valence-electron chi connectivity index (χ4n) is 3.72. The van der Waals surface area contributed by atoms with Crippen LogP contribution in [0.3, 0.4) is 0 Å². The van der Waals surface area contributed by atoms with Gasteiger partial charge in [0.15, 0.2) is 0 Å². The molecule has 7 heteroatoms. The van der Waals surface area contributed by atoms with Crippen LogP contribution in [0, 0.1) is 0 Å². The topological polar surface area (TPSA) is 8.81 Å². The van der Waals surface area contributed by atoms with Crippen LogP contribution in [0.1, 0.15) is 0 Å². The van der Waals surface area contributed by atoms with E-state index < -0.39 is 7.25 Å². The summed E-state index contributed by atoms with van der Waals surface area (Å²) in [5, 5.41) is 0. The van der Waals surface area contributed by atoms with Crippen molar-refractivity contribution < 1.29 is 21.9 Å². The van der Waals surface area contributed by atoms with E-state index in [1.165, 1.54) is 22.3 Å². The van der Waals surface area contributed by atoms with Crippen LogP contribution in [0.25, 0.3) is 33.6 Å². The molecule has 3 aromatic carbocycles. The maximum absolute atomic E-state index is 9.75. The molecule has 0 aliphatic heterocycles. The summed E-state index contributed by atoms with van der Waals surface area (Å²) in [4.78, 5) is 0. The highest BCUT2D eigenvalue weighted by atomic mass is 19.5. The van der Waals surface area contributed by atoms with Crippen molar-refractivity contribution in [1.29, 1.82) is 0 Å². The first-order chi connectivity index (χ1) is 16.4. The van der Waals surface area contributed by atoms with Gasteiger partial charge in [0.25, 0.3) is 0 Å². The minimum atomic E-state index is -6.00. The molecule has 170 valence electrons. The highest BCUT2D eigenvalue weighted by Gasteiger charge is 2.24. The molecule has 0 amide bonds. The van der Waals surface area contributed by atoms with Gasteiger partial charge in [-0.15, -0.1) is 4.68 Å². The van der Waals surface area contributed by atoms with Gasteiger partial charge in [0, 0.05) is 23.3 Å². The van der Waals surface area contributed by atoms with Crippen molar-refractivity contribution in [1.82, 2.24) is 4.68 Å². The number of halogens is 4. The predicted octanol–water partition coefficient (Wildman–Crippen LogP) is 7.39. The first-order valence-electron chi connectivity index (χ1n) is 10.7. The molecule has 0 saturated carbocycles. The highest BCUT2D eigenvalue weighted by molar-refractivity contribution is 6.50. The van der Waals surface area contributed by atoms with Gasteiger partial charge in [-0.25, -0.2) is 0 Å². The Morgan fingerprint density at radius 3 is 1.21 bits per heavy atom. The van der Waals surface area contributed by atoms with Gasteiger partial charge in [0.1, 0.15) is 0 Å². The SMILES string of the molecule is F[B-](F)(F)F.c1ccc(-c2cc(-c3ccccc3)[n+](-n3cccc3)c(-c3ccccc3)c2)cc1. The summed E-state index contributed by atoms with van der Waals surface area (Å²) < 4.78 is 43.4. The number of hydrogen-bond acceptors (Lipinski definition) is 0. The molecule has 0 N–H and O–H groups in total. The normalized spacial score (nSPS) is 10.9. The molecule has 2 nitrogen and oxygen atoms in total. The van der Waals surface area contributed by atoms with Crippen molar-refractivity contribution in [3.8, 4) is 33.6 Å². The van der Waals surface area contributed by atoms with Crippen LogP contribution >= 0.6 is 0 Å². The summed E-state index contributed by atoms with van der Waals surface area (Å²) in [6.45, 7) is 0. The van der Waals surface area contributed by atoms with Crippen molar-refractivity contribution in [2.24, 2.45) is 0 Å². The minimum Gasteiger partial charge on any atom is -0.418 e. The van der Waals surface area contributed by atoms with Gasteiger partial charge in [-0.2, -0.15) is 0 Å². The van der Waals surface area contributed by atoms with E-state index in [9.17, 15) is 17.3 Å². The van der Waals surface area contributed by atoms with Crippen molar-refractivity contribution in [3.05, 3.63) is 128 Å². The standard InChI is InChI=1S/C27H21N2.BF4/c1-4-12-22(13-5-1)25-20-26(23-14-6-2-7-15-23)29(28-18-10-11-19-28)27(21-25)24-16-8-3-9-17-24;2-1(3,4)5/h1-21H;/q+1;-1. The van der Waals surface area contributed by atoms with Gasteiger partial charge in [-0.1, -0.05) is 71.4 Å². The molecule has 2 aromatic heterocycles. The average Bonchev–Trinajstić information content (AvgIpc) is 3.38. The third-order valence-corrected chi connectivity index (χ3v) is 5.11. The molecule has 0 aliphatic carbocycles. The molecule has 34 heavy (non-hydrogen) atoms. The molecule has 0 bridgehead atoms. The van der Waals surface area contributed by atoms with Gasteiger partial charge >= 0.3 is 7.25 Å². The molecule has 0 atom stereocenters. The molecule has 5 rings (SSSR count). The Hall–Kier alpha value is -4.13. The maximum Gasteiger partial charge on any atom is 0.673 e. The van der Waals surface area contributed by atoms with Crippen molar-refractivity contribution in [3.63, 3.8) is 0 Å². The monoisotopic (exact) mass is 460 g/mol. The molecule has 0 spiro atoms. The van der Waals surface area contributed by atoms with Crippen molar-refractivity contribution in [2.75, 3.05) is 0 Å². The third-order valence-electron chi connectivity index (χ3n) is 5.11. The molecule has 0 aliphatic rings. The summed E-state index contributed by atoms with van der Waals surface area (Å²) in [6, 6.07) is 40.4. The summed E-state index contributed by atoms with van der Waals surface area (Å²) in [5.74, 6) is 0. The van der Waals surface area contributed by atoms with Gasteiger partial charge in [-0.3, -0.25) is 0 Å². The number of hydrogen-bond donors (Lipinski definition) is 0. The molecular weight excluding hydrogens is 439 g/mol. The molecule has 2 heterocycles. The van der Waals surface area contributed by atoms with E-state index in [1.54, 1.807) is 0 Å². The van der Waals surface area contributed by atoms with E-state index in [4.69, 9.17) is 0 Å². The quantitative estimate of drug-likeness (QED) is 0.150. The highest BCUT2D eigenvalue weighted by Crippen LogP contribution is 2.29. The maximum atomic E-state index is 9.75. The molecule has 0 unspecified atom stereocenters. The van der Waals surface area contributed by atoms with Gasteiger partial charge in [0.2, 0.25) is 11.4 Å². The second-order valence-electron chi connectivity index (χ2n) is 7.48. The summed E-state index contributed by atoms with van der Waals surface area (Å²) in [5.41, 5.74) is 7.05. The van der Waals surface area contributed by atoms with Crippen LogP contribution < -0.4 is 4.68 Å². The van der Waals surface area contributed by atoms with Gasteiger partial charge in [0.05, 0.1) is 12.4 Å². The first kappa shape index (κ1) is 23.0. The Morgan fingerprint density at radius 1 is 0.471 bits per heavy atom. The largest absolute Gasteiger partial charge is 0.673 e. The lowest BCUT2D eigenvalue weighted by Crippen LogP contribution is -2.45. The molecule has 5 aromatic rings. The van der Waals surface area contributed by atoms with Crippen LogP contribution in [0.5, 0.6) is 0 Å². The molecular formula is C27H21BF4N2. The van der Waals surface area contributed by atoms with Crippen molar-refractivity contribution >= 4 is 7.25 Å². The van der Waals surface area contributed by atoms with E-state index in [0.717, 1.165) is 11.4 Å². The third kappa shape index (κ3) is 5.81. The smallest absolute Gasteiger partial charge is 0.418 e. The predicted molar refractivity (Wildman–Crippen MR) is 128 cm³/mol. The Balaban J connectivity index is 0.000000499. The minimum absolute atomic E-state index is 1.14. The number of rotatable bonds is 4. The number of nitrogens with zero attached hydrogens (tertiary/aromatic N) is 2. The fraction of sp³-hybridized carbons (Fsp3) is 0. The zero-order valence-electron chi connectivity index (χ0n) is 18.1. The Kier molecular flexibility index (Phi) is 6.92. The van der Waals surface area contributed by atoms with E-state index in [1.807, 2.05) is 0 Å². The Bertz CT molecular complexity index is 1260. The lowest BCUT2D eigenvalue weighted by Gasteiger charge is -2.12. The van der Waals surface area contributed by atoms with Crippen LogP contribution in [-0.2, 0) is 0 Å². The Labute approximate surface area is 195 Å². The summed E-state index contributed by atoms with van der Waals surface area (Å²) in [6.07, 6.45) is 4.17. The van der Waals surface area contributed by atoms with Gasteiger partial charge in [-0.05, 0) is 47.5 Å². The zero-order chi connectivity index (χ0) is 24.0. The average molecular weight is 460 g/mol.